The molecule has 1 N–H and O–H groups in total. The first-order valence-corrected chi connectivity index (χ1v) is 8.14. The molecule has 3 nitrogen and oxygen atoms in total. The number of hydrogen-bond acceptors (Lipinski definition) is 2. The summed E-state index contributed by atoms with van der Waals surface area (Å²) < 4.78 is 5.76. The maximum absolute atomic E-state index is 12.4. The van der Waals surface area contributed by atoms with Gasteiger partial charge in [-0.1, -0.05) is 35.3 Å². The summed E-state index contributed by atoms with van der Waals surface area (Å²) in [6.45, 7) is 3.64. The highest BCUT2D eigenvalue weighted by molar-refractivity contribution is 6.31. The van der Waals surface area contributed by atoms with E-state index in [4.69, 9.17) is 27.9 Å². The molecule has 3 rings (SSSR count). The summed E-state index contributed by atoms with van der Waals surface area (Å²) in [6, 6.07) is 14.4. The Labute approximate surface area is 149 Å². The van der Waals surface area contributed by atoms with Crippen LogP contribution in [0.1, 0.15) is 11.4 Å². The van der Waals surface area contributed by atoms with Gasteiger partial charge in [0.2, 0.25) is 5.43 Å². The van der Waals surface area contributed by atoms with E-state index >= 15 is 0 Å². The van der Waals surface area contributed by atoms with Crippen LogP contribution in [0.5, 0.6) is 11.5 Å². The van der Waals surface area contributed by atoms with Crippen molar-refractivity contribution in [3.05, 3.63) is 80.2 Å². The molecule has 0 bridgehead atoms. The number of aryl methyl sites for hydroxylation is 2. The van der Waals surface area contributed by atoms with Crippen molar-refractivity contribution in [2.45, 2.75) is 13.8 Å². The standard InChI is InChI=1S/C19H15Cl2NO2/c1-11-17(19(23)18(21)12(2)22-11)13-3-7-15(8-4-13)24-16-9-5-14(20)6-10-16/h3-10H,1-2H3,(H,22,23). The summed E-state index contributed by atoms with van der Waals surface area (Å²) in [5.74, 6) is 1.37. The Hall–Kier alpha value is -2.23. The van der Waals surface area contributed by atoms with Crippen molar-refractivity contribution in [3.63, 3.8) is 0 Å². The summed E-state index contributed by atoms with van der Waals surface area (Å²) in [4.78, 5) is 15.6. The van der Waals surface area contributed by atoms with Crippen LogP contribution in [0.15, 0.2) is 53.3 Å². The number of ether oxygens (including phenoxy) is 1. The van der Waals surface area contributed by atoms with E-state index in [0.29, 0.717) is 27.8 Å². The molecule has 0 aliphatic rings. The van der Waals surface area contributed by atoms with Gasteiger partial charge in [0.05, 0.1) is 0 Å². The molecular formula is C19H15Cl2NO2. The number of hydrogen-bond donors (Lipinski definition) is 1. The molecule has 0 aliphatic carbocycles. The molecule has 1 aromatic heterocycles. The van der Waals surface area contributed by atoms with E-state index < -0.39 is 0 Å². The van der Waals surface area contributed by atoms with Crippen molar-refractivity contribution in [3.8, 4) is 22.6 Å². The van der Waals surface area contributed by atoms with E-state index in [9.17, 15) is 4.79 Å². The van der Waals surface area contributed by atoms with Crippen molar-refractivity contribution in [1.29, 1.82) is 0 Å². The average molecular weight is 360 g/mol. The van der Waals surface area contributed by atoms with E-state index in [1.54, 1.807) is 31.2 Å². The van der Waals surface area contributed by atoms with Gasteiger partial charge < -0.3 is 9.72 Å². The van der Waals surface area contributed by atoms with Gasteiger partial charge in [0.1, 0.15) is 16.5 Å². The molecule has 0 saturated carbocycles. The Balaban J connectivity index is 1.92. The molecule has 0 atom stereocenters. The molecule has 1 heterocycles. The predicted molar refractivity (Wildman–Crippen MR) is 98.5 cm³/mol. The molecule has 0 saturated heterocycles. The molecule has 24 heavy (non-hydrogen) atoms. The molecule has 3 aromatic rings. The summed E-state index contributed by atoms with van der Waals surface area (Å²) in [6.07, 6.45) is 0. The van der Waals surface area contributed by atoms with E-state index in [1.165, 1.54) is 0 Å². The largest absolute Gasteiger partial charge is 0.457 e. The second-order valence-electron chi connectivity index (χ2n) is 5.47. The van der Waals surface area contributed by atoms with Gasteiger partial charge in [-0.15, -0.1) is 0 Å². The third-order valence-corrected chi connectivity index (χ3v) is 4.41. The maximum Gasteiger partial charge on any atom is 0.208 e. The van der Waals surface area contributed by atoms with Crippen LogP contribution in [0, 0.1) is 13.8 Å². The van der Waals surface area contributed by atoms with Gasteiger partial charge in [-0.25, -0.2) is 0 Å². The number of rotatable bonds is 3. The Morgan fingerprint density at radius 1 is 0.833 bits per heavy atom. The lowest BCUT2D eigenvalue weighted by atomic mass is 10.0. The Bertz CT molecular complexity index is 929. The first kappa shape index (κ1) is 16.6. The highest BCUT2D eigenvalue weighted by Gasteiger charge is 2.13. The van der Waals surface area contributed by atoms with Crippen LogP contribution in [0.25, 0.3) is 11.1 Å². The zero-order chi connectivity index (χ0) is 17.3. The lowest BCUT2D eigenvalue weighted by Crippen LogP contribution is -2.11. The molecule has 2 aromatic carbocycles. The van der Waals surface area contributed by atoms with E-state index in [-0.39, 0.29) is 10.5 Å². The fourth-order valence-electron chi connectivity index (χ4n) is 2.52. The predicted octanol–water partition coefficient (Wildman–Crippen LogP) is 5.76. The van der Waals surface area contributed by atoms with Gasteiger partial charge in [0.25, 0.3) is 0 Å². The van der Waals surface area contributed by atoms with Gasteiger partial charge in [-0.2, -0.15) is 0 Å². The van der Waals surface area contributed by atoms with Crippen LogP contribution in [0.3, 0.4) is 0 Å². The highest BCUT2D eigenvalue weighted by Crippen LogP contribution is 2.27. The van der Waals surface area contributed by atoms with Crippen LogP contribution >= 0.6 is 23.2 Å². The van der Waals surface area contributed by atoms with Crippen molar-refractivity contribution < 1.29 is 4.74 Å². The van der Waals surface area contributed by atoms with Crippen molar-refractivity contribution in [2.75, 3.05) is 0 Å². The topological polar surface area (TPSA) is 42.1 Å². The first-order chi connectivity index (χ1) is 11.5. The van der Waals surface area contributed by atoms with Crippen molar-refractivity contribution >= 4 is 23.2 Å². The zero-order valence-electron chi connectivity index (χ0n) is 13.2. The van der Waals surface area contributed by atoms with Gasteiger partial charge in [0, 0.05) is 22.0 Å². The SMILES string of the molecule is Cc1[nH]c(C)c(-c2ccc(Oc3ccc(Cl)cc3)cc2)c(=O)c1Cl. The lowest BCUT2D eigenvalue weighted by Gasteiger charge is -2.10. The third kappa shape index (κ3) is 3.32. The van der Waals surface area contributed by atoms with Gasteiger partial charge in [-0.05, 0) is 55.8 Å². The fraction of sp³-hybridized carbons (Fsp3) is 0.105. The molecule has 0 aliphatic heterocycles. The first-order valence-electron chi connectivity index (χ1n) is 7.38. The van der Waals surface area contributed by atoms with Crippen LogP contribution < -0.4 is 10.2 Å². The fourth-order valence-corrected chi connectivity index (χ4v) is 2.79. The number of H-pyrrole nitrogens is 1. The molecule has 0 spiro atoms. The number of nitrogens with one attached hydrogen (secondary N) is 1. The molecule has 5 heteroatoms. The van der Waals surface area contributed by atoms with Crippen molar-refractivity contribution in [2.24, 2.45) is 0 Å². The van der Waals surface area contributed by atoms with E-state index in [1.807, 2.05) is 31.2 Å². The number of aromatic amines is 1. The Morgan fingerprint density at radius 3 is 1.96 bits per heavy atom. The van der Waals surface area contributed by atoms with E-state index in [0.717, 1.165) is 11.3 Å². The van der Waals surface area contributed by atoms with Gasteiger partial charge in [0.15, 0.2) is 0 Å². The van der Waals surface area contributed by atoms with Gasteiger partial charge in [-0.3, -0.25) is 4.79 Å². The highest BCUT2D eigenvalue weighted by atomic mass is 35.5. The Morgan fingerprint density at radius 2 is 1.38 bits per heavy atom. The summed E-state index contributed by atoms with van der Waals surface area (Å²) >= 11 is 11.9. The summed E-state index contributed by atoms with van der Waals surface area (Å²) in [5, 5.41) is 0.876. The molecule has 122 valence electrons. The third-order valence-electron chi connectivity index (χ3n) is 3.70. The van der Waals surface area contributed by atoms with Crippen LogP contribution in [-0.4, -0.2) is 4.98 Å². The minimum Gasteiger partial charge on any atom is -0.457 e. The smallest absolute Gasteiger partial charge is 0.208 e. The van der Waals surface area contributed by atoms with E-state index in [2.05, 4.69) is 4.98 Å². The van der Waals surface area contributed by atoms with Crippen LogP contribution in [0.2, 0.25) is 10.0 Å². The van der Waals surface area contributed by atoms with Crippen LogP contribution in [-0.2, 0) is 0 Å². The van der Waals surface area contributed by atoms with Gasteiger partial charge >= 0.3 is 0 Å². The molecule has 0 radical (unpaired) electrons. The molecule has 0 unspecified atom stereocenters. The normalized spacial score (nSPS) is 10.7. The molecule has 0 fully saturated rings. The second kappa shape index (κ2) is 6.71. The second-order valence-corrected chi connectivity index (χ2v) is 6.29. The summed E-state index contributed by atoms with van der Waals surface area (Å²) in [5.41, 5.74) is 2.65. The minimum absolute atomic E-state index is 0.170. The maximum atomic E-state index is 12.4. The lowest BCUT2D eigenvalue weighted by molar-refractivity contribution is 0.483. The number of pyridine rings is 1. The minimum atomic E-state index is -0.170. The number of halogens is 2. The van der Waals surface area contributed by atoms with Crippen LogP contribution in [0.4, 0.5) is 0 Å². The summed E-state index contributed by atoms with van der Waals surface area (Å²) in [7, 11) is 0. The number of benzene rings is 2. The van der Waals surface area contributed by atoms with Crippen molar-refractivity contribution in [1.82, 2.24) is 4.98 Å². The average Bonchev–Trinajstić information content (AvgIpc) is 2.56. The zero-order valence-corrected chi connectivity index (χ0v) is 14.7. The Kier molecular flexibility index (Phi) is 4.65. The monoisotopic (exact) mass is 359 g/mol. The quantitative estimate of drug-likeness (QED) is 0.645. The number of aromatic nitrogens is 1. The molecular weight excluding hydrogens is 345 g/mol. The molecule has 0 amide bonds.